The van der Waals surface area contributed by atoms with Crippen LogP contribution in [0.3, 0.4) is 0 Å². The summed E-state index contributed by atoms with van der Waals surface area (Å²) in [4.78, 5) is 22.4. The lowest BCUT2D eigenvalue weighted by molar-refractivity contribution is -0.123. The first-order valence-corrected chi connectivity index (χ1v) is 7.39. The maximum Gasteiger partial charge on any atom is 0.243 e. The van der Waals surface area contributed by atoms with Crippen molar-refractivity contribution >= 4 is 29.3 Å². The number of benzene rings is 1. The molecular weight excluding hydrogens is 262 g/mol. The number of amides is 2. The third-order valence-electron chi connectivity index (χ3n) is 2.46. The van der Waals surface area contributed by atoms with Crippen LogP contribution in [0.4, 0.5) is 5.69 Å². The summed E-state index contributed by atoms with van der Waals surface area (Å²) in [7, 11) is 0. The van der Waals surface area contributed by atoms with E-state index in [0.717, 1.165) is 17.9 Å². The second-order valence-corrected chi connectivity index (χ2v) is 4.95. The molecule has 0 heterocycles. The fourth-order valence-corrected chi connectivity index (χ4v) is 1.87. The zero-order chi connectivity index (χ0) is 14.1. The summed E-state index contributed by atoms with van der Waals surface area (Å²) in [5.74, 6) is 0.470. The average Bonchev–Trinajstić information content (AvgIpc) is 2.44. The largest absolute Gasteiger partial charge is 0.346 e. The predicted octanol–water partition coefficient (Wildman–Crippen LogP) is 0.606. The van der Waals surface area contributed by atoms with Crippen LogP contribution >= 0.6 is 11.8 Å². The number of thioether (sulfide) groups is 1. The highest BCUT2D eigenvalue weighted by Gasteiger charge is 2.04. The van der Waals surface area contributed by atoms with E-state index in [1.54, 1.807) is 11.8 Å². The van der Waals surface area contributed by atoms with Crippen molar-refractivity contribution < 1.29 is 9.59 Å². The van der Waals surface area contributed by atoms with Crippen molar-refractivity contribution in [3.05, 3.63) is 29.8 Å². The van der Waals surface area contributed by atoms with Gasteiger partial charge in [0.25, 0.3) is 0 Å². The van der Waals surface area contributed by atoms with Crippen molar-refractivity contribution in [2.24, 2.45) is 5.73 Å². The topological polar surface area (TPSA) is 84.2 Å². The van der Waals surface area contributed by atoms with Gasteiger partial charge < -0.3 is 16.4 Å². The van der Waals surface area contributed by atoms with E-state index in [2.05, 4.69) is 16.9 Å². The number of hydrogen-bond acceptors (Lipinski definition) is 4. The maximum absolute atomic E-state index is 11.5. The average molecular weight is 281 g/mol. The number of nitrogens with one attached hydrogen (secondary N) is 2. The van der Waals surface area contributed by atoms with Gasteiger partial charge in [-0.15, -0.1) is 0 Å². The van der Waals surface area contributed by atoms with E-state index in [4.69, 9.17) is 5.73 Å². The molecule has 0 aliphatic carbocycles. The van der Waals surface area contributed by atoms with Gasteiger partial charge in [-0.3, -0.25) is 9.59 Å². The van der Waals surface area contributed by atoms with Crippen LogP contribution in [0.2, 0.25) is 0 Å². The molecule has 1 aromatic rings. The molecule has 0 radical (unpaired) electrons. The van der Waals surface area contributed by atoms with Crippen LogP contribution in [0.25, 0.3) is 0 Å². The molecule has 104 valence electrons. The molecule has 0 aliphatic heterocycles. The van der Waals surface area contributed by atoms with Crippen LogP contribution in [-0.4, -0.2) is 36.9 Å². The van der Waals surface area contributed by atoms with E-state index >= 15 is 0 Å². The van der Waals surface area contributed by atoms with Crippen molar-refractivity contribution in [1.82, 2.24) is 5.32 Å². The summed E-state index contributed by atoms with van der Waals surface area (Å²) in [5.41, 5.74) is 7.08. The second kappa shape index (κ2) is 8.55. The monoisotopic (exact) mass is 281 g/mol. The Kier molecular flexibility index (Phi) is 6.99. The lowest BCUT2D eigenvalue weighted by atomic mass is 10.1. The molecule has 0 aromatic heterocycles. The molecular formula is C13H19N3O2S. The minimum atomic E-state index is -0.345. The number of carbonyl (C=O) groups excluding carboxylic acids is 2. The van der Waals surface area contributed by atoms with E-state index in [0.29, 0.717) is 0 Å². The lowest BCUT2D eigenvalue weighted by Gasteiger charge is -2.07. The maximum atomic E-state index is 11.5. The van der Waals surface area contributed by atoms with Gasteiger partial charge in [0.1, 0.15) is 0 Å². The Labute approximate surface area is 117 Å². The Bertz CT molecular complexity index is 420. The van der Waals surface area contributed by atoms with Gasteiger partial charge in [-0.25, -0.2) is 0 Å². The smallest absolute Gasteiger partial charge is 0.243 e. The molecule has 0 aliphatic rings. The number of anilines is 1. The summed E-state index contributed by atoms with van der Waals surface area (Å²) >= 11 is 1.80. The highest BCUT2D eigenvalue weighted by molar-refractivity contribution is 7.98. The lowest BCUT2D eigenvalue weighted by Crippen LogP contribution is -2.36. The molecule has 4 N–H and O–H groups in total. The fourth-order valence-electron chi connectivity index (χ4n) is 1.43. The second-order valence-electron chi connectivity index (χ2n) is 3.97. The summed E-state index contributed by atoms with van der Waals surface area (Å²) < 4.78 is 0. The van der Waals surface area contributed by atoms with Gasteiger partial charge in [0.05, 0.1) is 13.1 Å². The third kappa shape index (κ3) is 6.26. The molecule has 0 bridgehead atoms. The number of aryl methyl sites for hydroxylation is 1. The SMILES string of the molecule is CSCCc1ccc(NC(=O)CNC(=O)CN)cc1. The van der Waals surface area contributed by atoms with Crippen molar-refractivity contribution in [2.45, 2.75) is 6.42 Å². The summed E-state index contributed by atoms with van der Waals surface area (Å²) in [6.07, 6.45) is 3.09. The molecule has 0 saturated carbocycles. The predicted molar refractivity (Wildman–Crippen MR) is 79.2 cm³/mol. The number of carbonyl (C=O) groups is 2. The molecule has 2 amide bonds. The molecule has 1 rings (SSSR count). The van der Waals surface area contributed by atoms with E-state index in [1.807, 2.05) is 24.3 Å². The molecule has 0 saturated heterocycles. The summed E-state index contributed by atoms with van der Waals surface area (Å²) in [6, 6.07) is 7.70. The molecule has 5 nitrogen and oxygen atoms in total. The first-order chi connectivity index (χ1) is 9.15. The molecule has 1 aromatic carbocycles. The van der Waals surface area contributed by atoms with Gasteiger partial charge in [0, 0.05) is 5.69 Å². The number of hydrogen-bond donors (Lipinski definition) is 3. The zero-order valence-corrected chi connectivity index (χ0v) is 11.8. The first-order valence-electron chi connectivity index (χ1n) is 6.00. The van der Waals surface area contributed by atoms with E-state index in [1.165, 1.54) is 5.56 Å². The molecule has 0 spiro atoms. The molecule has 6 heteroatoms. The van der Waals surface area contributed by atoms with Crippen molar-refractivity contribution in [1.29, 1.82) is 0 Å². The van der Waals surface area contributed by atoms with E-state index in [-0.39, 0.29) is 24.9 Å². The van der Waals surface area contributed by atoms with Gasteiger partial charge in [0.2, 0.25) is 11.8 Å². The normalized spacial score (nSPS) is 10.0. The van der Waals surface area contributed by atoms with Crippen molar-refractivity contribution in [3.63, 3.8) is 0 Å². The van der Waals surface area contributed by atoms with Gasteiger partial charge in [-0.05, 0) is 36.1 Å². The zero-order valence-electron chi connectivity index (χ0n) is 10.9. The van der Waals surface area contributed by atoms with E-state index < -0.39 is 0 Å². The van der Waals surface area contributed by atoms with Gasteiger partial charge in [0.15, 0.2) is 0 Å². The van der Waals surface area contributed by atoms with Crippen LogP contribution in [0.5, 0.6) is 0 Å². The third-order valence-corrected chi connectivity index (χ3v) is 3.08. The minimum absolute atomic E-state index is 0.0652. The fraction of sp³-hybridized carbons (Fsp3) is 0.385. The number of rotatable bonds is 7. The van der Waals surface area contributed by atoms with Crippen molar-refractivity contribution in [2.75, 3.05) is 30.4 Å². The van der Waals surface area contributed by atoms with Gasteiger partial charge >= 0.3 is 0 Å². The van der Waals surface area contributed by atoms with E-state index in [9.17, 15) is 9.59 Å². The van der Waals surface area contributed by atoms with Crippen LogP contribution in [0, 0.1) is 0 Å². The number of nitrogens with two attached hydrogens (primary N) is 1. The van der Waals surface area contributed by atoms with Crippen molar-refractivity contribution in [3.8, 4) is 0 Å². The summed E-state index contributed by atoms with van der Waals surface area (Å²) in [6.45, 7) is -0.179. The molecule has 0 atom stereocenters. The van der Waals surface area contributed by atoms with Gasteiger partial charge in [-0.2, -0.15) is 11.8 Å². The van der Waals surface area contributed by atoms with Crippen LogP contribution in [-0.2, 0) is 16.0 Å². The molecule has 0 fully saturated rings. The molecule has 0 unspecified atom stereocenters. The summed E-state index contributed by atoms with van der Waals surface area (Å²) in [5, 5.41) is 5.12. The standard InChI is InChI=1S/C13H19N3O2S/c1-19-7-6-10-2-4-11(5-3-10)16-13(18)9-15-12(17)8-14/h2-5H,6-9,14H2,1H3,(H,15,17)(H,16,18). The highest BCUT2D eigenvalue weighted by Crippen LogP contribution is 2.11. The van der Waals surface area contributed by atoms with Crippen LogP contribution in [0.1, 0.15) is 5.56 Å². The Hall–Kier alpha value is -1.53. The van der Waals surface area contributed by atoms with Crippen LogP contribution in [0.15, 0.2) is 24.3 Å². The highest BCUT2D eigenvalue weighted by atomic mass is 32.2. The van der Waals surface area contributed by atoms with Gasteiger partial charge in [-0.1, -0.05) is 12.1 Å². The Morgan fingerprint density at radius 1 is 1.21 bits per heavy atom. The molecule has 19 heavy (non-hydrogen) atoms. The Balaban J connectivity index is 2.40. The minimum Gasteiger partial charge on any atom is -0.346 e. The Morgan fingerprint density at radius 2 is 1.89 bits per heavy atom. The quantitative estimate of drug-likeness (QED) is 0.683. The first kappa shape index (κ1) is 15.5. The van der Waals surface area contributed by atoms with Crippen LogP contribution < -0.4 is 16.4 Å². The Morgan fingerprint density at radius 3 is 2.47 bits per heavy atom.